The van der Waals surface area contributed by atoms with Crippen LogP contribution < -0.4 is 0 Å². The van der Waals surface area contributed by atoms with Crippen LogP contribution in [0.3, 0.4) is 0 Å². The quantitative estimate of drug-likeness (QED) is 0.787. The van der Waals surface area contributed by atoms with Crippen LogP contribution in [0.2, 0.25) is 0 Å². The van der Waals surface area contributed by atoms with Gasteiger partial charge in [0.15, 0.2) is 0 Å². The fraction of sp³-hybridized carbons (Fsp3) is 0.600. The van der Waals surface area contributed by atoms with Gasteiger partial charge >= 0.3 is 5.97 Å². The van der Waals surface area contributed by atoms with E-state index in [0.717, 1.165) is 24.1 Å². The minimum absolute atomic E-state index is 0.107. The molecule has 0 unspecified atom stereocenters. The Hall–Kier alpha value is -1.32. The van der Waals surface area contributed by atoms with Crippen molar-refractivity contribution in [3.63, 3.8) is 0 Å². The van der Waals surface area contributed by atoms with E-state index in [0.29, 0.717) is 0 Å². The number of hydrogen-bond acceptors (Lipinski definition) is 2. The average molecular weight is 194 g/mol. The largest absolute Gasteiger partial charge is 0.481 e. The Kier molecular flexibility index (Phi) is 1.87. The van der Waals surface area contributed by atoms with E-state index in [4.69, 9.17) is 5.11 Å². The first-order valence-electron chi connectivity index (χ1n) is 4.76. The maximum Gasteiger partial charge on any atom is 0.304 e. The van der Waals surface area contributed by atoms with Crippen LogP contribution >= 0.6 is 0 Å². The highest BCUT2D eigenvalue weighted by Crippen LogP contribution is 2.51. The number of carboxylic acid groups (broad SMARTS) is 1. The second-order valence-corrected chi connectivity index (χ2v) is 4.12. The zero-order valence-electron chi connectivity index (χ0n) is 8.45. The van der Waals surface area contributed by atoms with E-state index < -0.39 is 5.97 Å². The highest BCUT2D eigenvalue weighted by atomic mass is 16.4. The third kappa shape index (κ3) is 1.31. The summed E-state index contributed by atoms with van der Waals surface area (Å²) in [7, 11) is 1.88. The van der Waals surface area contributed by atoms with Crippen molar-refractivity contribution in [1.29, 1.82) is 0 Å². The van der Waals surface area contributed by atoms with Gasteiger partial charge in [0.25, 0.3) is 0 Å². The van der Waals surface area contributed by atoms with Gasteiger partial charge in [-0.25, -0.2) is 0 Å². The number of aliphatic carboxylic acids is 1. The molecular formula is C10H14N2O2. The predicted octanol–water partition coefficient (Wildman–Crippen LogP) is 1.23. The van der Waals surface area contributed by atoms with Crippen LogP contribution in [0.1, 0.15) is 30.5 Å². The van der Waals surface area contributed by atoms with Crippen molar-refractivity contribution < 1.29 is 9.90 Å². The number of aryl methyl sites for hydroxylation is 1. The molecule has 1 heterocycles. The lowest BCUT2D eigenvalue weighted by Crippen LogP contribution is -2.13. The van der Waals surface area contributed by atoms with Crippen molar-refractivity contribution >= 4 is 5.97 Å². The van der Waals surface area contributed by atoms with E-state index >= 15 is 0 Å². The van der Waals surface area contributed by atoms with E-state index in [1.807, 2.05) is 20.2 Å². The maximum absolute atomic E-state index is 10.7. The molecule has 4 heteroatoms. The van der Waals surface area contributed by atoms with E-state index in [9.17, 15) is 4.79 Å². The molecule has 1 fully saturated rings. The third-order valence-corrected chi connectivity index (χ3v) is 3.15. The topological polar surface area (TPSA) is 55.1 Å². The van der Waals surface area contributed by atoms with Gasteiger partial charge in [0, 0.05) is 18.2 Å². The number of hydrogen-bond donors (Lipinski definition) is 1. The van der Waals surface area contributed by atoms with Crippen molar-refractivity contribution in [2.45, 2.75) is 31.6 Å². The average Bonchev–Trinajstić information content (AvgIpc) is 2.76. The van der Waals surface area contributed by atoms with Gasteiger partial charge in [-0.3, -0.25) is 9.48 Å². The SMILES string of the molecule is Cc1c(C2(CC(=O)O)CC2)cnn1C. The standard InChI is InChI=1S/C10H14N2O2/c1-7-8(6-11-12(7)2)10(3-4-10)5-9(13)14/h6H,3-5H2,1-2H3,(H,13,14). The molecule has 1 aromatic heterocycles. The molecule has 0 atom stereocenters. The van der Waals surface area contributed by atoms with Gasteiger partial charge in [-0.05, 0) is 25.3 Å². The normalized spacial score (nSPS) is 18.1. The van der Waals surface area contributed by atoms with E-state index in [2.05, 4.69) is 5.10 Å². The fourth-order valence-electron chi connectivity index (χ4n) is 2.00. The first-order chi connectivity index (χ1) is 6.55. The number of rotatable bonds is 3. The fourth-order valence-corrected chi connectivity index (χ4v) is 2.00. The molecule has 0 bridgehead atoms. The van der Waals surface area contributed by atoms with Crippen LogP contribution in [-0.2, 0) is 17.3 Å². The number of aromatic nitrogens is 2. The van der Waals surface area contributed by atoms with Gasteiger partial charge in [-0.1, -0.05) is 0 Å². The lowest BCUT2D eigenvalue weighted by atomic mass is 9.93. The summed E-state index contributed by atoms with van der Waals surface area (Å²) in [5.74, 6) is -0.717. The molecule has 0 saturated heterocycles. The van der Waals surface area contributed by atoms with Gasteiger partial charge in [0.05, 0.1) is 12.6 Å². The second-order valence-electron chi connectivity index (χ2n) is 4.12. The molecule has 1 aromatic rings. The zero-order chi connectivity index (χ0) is 10.3. The minimum atomic E-state index is -0.717. The van der Waals surface area contributed by atoms with Crippen molar-refractivity contribution in [2.75, 3.05) is 0 Å². The first kappa shape index (κ1) is 9.24. The molecule has 0 aromatic carbocycles. The summed E-state index contributed by atoms with van der Waals surface area (Å²) in [5.41, 5.74) is 2.09. The molecule has 14 heavy (non-hydrogen) atoms. The van der Waals surface area contributed by atoms with Crippen LogP contribution in [0.5, 0.6) is 0 Å². The summed E-state index contributed by atoms with van der Waals surface area (Å²) in [6, 6.07) is 0. The molecule has 1 saturated carbocycles. The zero-order valence-corrected chi connectivity index (χ0v) is 8.45. The lowest BCUT2D eigenvalue weighted by Gasteiger charge is -2.11. The molecule has 0 radical (unpaired) electrons. The van der Waals surface area contributed by atoms with Gasteiger partial charge in [0.2, 0.25) is 0 Å². The minimum Gasteiger partial charge on any atom is -0.481 e. The predicted molar refractivity (Wildman–Crippen MR) is 51.1 cm³/mol. The summed E-state index contributed by atoms with van der Waals surface area (Å²) in [6.07, 6.45) is 4.00. The van der Waals surface area contributed by atoms with Crippen molar-refractivity contribution in [1.82, 2.24) is 9.78 Å². The van der Waals surface area contributed by atoms with Crippen LogP contribution in [0.4, 0.5) is 0 Å². The van der Waals surface area contributed by atoms with Crippen LogP contribution in [0, 0.1) is 6.92 Å². The molecule has 0 amide bonds. The Morgan fingerprint density at radius 2 is 2.36 bits per heavy atom. The Labute approximate surface area is 82.5 Å². The van der Waals surface area contributed by atoms with E-state index in [1.165, 1.54) is 0 Å². The molecule has 0 aliphatic heterocycles. The highest BCUT2D eigenvalue weighted by molar-refractivity contribution is 5.70. The van der Waals surface area contributed by atoms with Gasteiger partial charge in [-0.2, -0.15) is 5.10 Å². The Morgan fingerprint density at radius 3 is 2.71 bits per heavy atom. The molecule has 1 aliphatic rings. The van der Waals surface area contributed by atoms with E-state index in [1.54, 1.807) is 4.68 Å². The van der Waals surface area contributed by atoms with Gasteiger partial charge < -0.3 is 5.11 Å². The highest BCUT2D eigenvalue weighted by Gasteiger charge is 2.47. The van der Waals surface area contributed by atoms with Crippen molar-refractivity contribution in [3.8, 4) is 0 Å². The van der Waals surface area contributed by atoms with Gasteiger partial charge in [0.1, 0.15) is 0 Å². The second kappa shape index (κ2) is 2.83. The molecule has 1 aliphatic carbocycles. The third-order valence-electron chi connectivity index (χ3n) is 3.15. The molecule has 2 rings (SSSR count). The monoisotopic (exact) mass is 194 g/mol. The number of nitrogens with zero attached hydrogens (tertiary/aromatic N) is 2. The molecule has 1 N–H and O–H groups in total. The Balaban J connectivity index is 2.30. The number of carbonyl (C=O) groups is 1. The summed E-state index contributed by atoms with van der Waals surface area (Å²) in [5, 5.41) is 13.0. The maximum atomic E-state index is 10.7. The Bertz CT molecular complexity index is 377. The summed E-state index contributed by atoms with van der Waals surface area (Å²) in [4.78, 5) is 10.7. The smallest absolute Gasteiger partial charge is 0.304 e. The summed E-state index contributed by atoms with van der Waals surface area (Å²) in [6.45, 7) is 1.99. The molecular weight excluding hydrogens is 180 g/mol. The number of carboxylic acids is 1. The van der Waals surface area contributed by atoms with Gasteiger partial charge in [-0.15, -0.1) is 0 Å². The van der Waals surface area contributed by atoms with E-state index in [-0.39, 0.29) is 11.8 Å². The molecule has 76 valence electrons. The van der Waals surface area contributed by atoms with Crippen LogP contribution in [0.25, 0.3) is 0 Å². The summed E-state index contributed by atoms with van der Waals surface area (Å²) < 4.78 is 1.80. The van der Waals surface area contributed by atoms with Crippen molar-refractivity contribution in [2.24, 2.45) is 7.05 Å². The van der Waals surface area contributed by atoms with Crippen LogP contribution in [-0.4, -0.2) is 20.9 Å². The molecule has 0 spiro atoms. The lowest BCUT2D eigenvalue weighted by molar-refractivity contribution is -0.137. The Morgan fingerprint density at radius 1 is 1.71 bits per heavy atom. The first-order valence-corrected chi connectivity index (χ1v) is 4.76. The summed E-state index contributed by atoms with van der Waals surface area (Å²) >= 11 is 0. The molecule has 4 nitrogen and oxygen atoms in total. The van der Waals surface area contributed by atoms with Crippen LogP contribution in [0.15, 0.2) is 6.20 Å². The van der Waals surface area contributed by atoms with Crippen molar-refractivity contribution in [3.05, 3.63) is 17.5 Å².